The summed E-state index contributed by atoms with van der Waals surface area (Å²) in [5.41, 5.74) is 0.0807. The number of halogens is 1. The number of nitrogens with one attached hydrogen (secondary N) is 1. The molecule has 0 spiro atoms. The van der Waals surface area contributed by atoms with Gasteiger partial charge in [-0.15, -0.1) is 0 Å². The second-order valence-corrected chi connectivity index (χ2v) is 5.17. The van der Waals surface area contributed by atoms with E-state index in [1.165, 1.54) is 45.3 Å². The fraction of sp³-hybridized carbons (Fsp3) is 1.00. The Morgan fingerprint density at radius 3 is 2.43 bits per heavy atom. The normalized spacial score (nSPS) is 19.9. The standard InChI is InChI=1S/C11H23ClN2/c1-11(2,13-12)7-6-10-14-8-4-3-5-9-14/h13H,3-10H2,1-2H3. The van der Waals surface area contributed by atoms with Crippen molar-refractivity contribution in [2.75, 3.05) is 19.6 Å². The quantitative estimate of drug-likeness (QED) is 0.714. The summed E-state index contributed by atoms with van der Waals surface area (Å²) in [6, 6.07) is 0. The van der Waals surface area contributed by atoms with Crippen LogP contribution in [0.1, 0.15) is 46.0 Å². The van der Waals surface area contributed by atoms with Gasteiger partial charge in [0.25, 0.3) is 0 Å². The van der Waals surface area contributed by atoms with Crippen molar-refractivity contribution in [3.05, 3.63) is 0 Å². The maximum Gasteiger partial charge on any atom is 0.0276 e. The van der Waals surface area contributed by atoms with Crippen LogP contribution in [0.15, 0.2) is 0 Å². The number of hydrogen-bond donors (Lipinski definition) is 1. The van der Waals surface area contributed by atoms with Gasteiger partial charge in [-0.25, -0.2) is 4.84 Å². The van der Waals surface area contributed by atoms with Gasteiger partial charge in [-0.05, 0) is 70.9 Å². The van der Waals surface area contributed by atoms with Crippen LogP contribution in [-0.4, -0.2) is 30.1 Å². The maximum atomic E-state index is 5.65. The predicted molar refractivity (Wildman–Crippen MR) is 62.6 cm³/mol. The van der Waals surface area contributed by atoms with E-state index < -0.39 is 0 Å². The lowest BCUT2D eigenvalue weighted by Gasteiger charge is -2.28. The van der Waals surface area contributed by atoms with E-state index in [0.717, 1.165) is 6.42 Å². The summed E-state index contributed by atoms with van der Waals surface area (Å²) in [7, 11) is 0. The van der Waals surface area contributed by atoms with Crippen molar-refractivity contribution in [2.45, 2.75) is 51.5 Å². The SMILES string of the molecule is CC(C)(CCCN1CCCCC1)NCl. The summed E-state index contributed by atoms with van der Waals surface area (Å²) in [5.74, 6) is 0. The average molecular weight is 219 g/mol. The van der Waals surface area contributed by atoms with E-state index in [1.807, 2.05) is 0 Å². The zero-order valence-corrected chi connectivity index (χ0v) is 10.2. The molecule has 0 aromatic carbocycles. The Morgan fingerprint density at radius 1 is 1.21 bits per heavy atom. The van der Waals surface area contributed by atoms with Crippen molar-refractivity contribution < 1.29 is 0 Å². The molecule has 1 aliphatic heterocycles. The van der Waals surface area contributed by atoms with Gasteiger partial charge in [0.2, 0.25) is 0 Å². The number of nitrogens with zero attached hydrogens (tertiary/aromatic N) is 1. The van der Waals surface area contributed by atoms with Gasteiger partial charge in [0.15, 0.2) is 0 Å². The van der Waals surface area contributed by atoms with E-state index in [0.29, 0.717) is 0 Å². The van der Waals surface area contributed by atoms with Crippen molar-refractivity contribution in [2.24, 2.45) is 0 Å². The Balaban J connectivity index is 2.08. The van der Waals surface area contributed by atoms with E-state index >= 15 is 0 Å². The van der Waals surface area contributed by atoms with Crippen LogP contribution in [0, 0.1) is 0 Å². The van der Waals surface area contributed by atoms with Crippen molar-refractivity contribution in [1.82, 2.24) is 9.74 Å². The third-order valence-corrected chi connectivity index (χ3v) is 3.49. The molecule has 0 unspecified atom stereocenters. The van der Waals surface area contributed by atoms with Crippen molar-refractivity contribution in [3.63, 3.8) is 0 Å². The molecule has 84 valence electrons. The highest BCUT2D eigenvalue weighted by Gasteiger charge is 2.16. The van der Waals surface area contributed by atoms with Gasteiger partial charge in [0.05, 0.1) is 0 Å². The number of piperidine rings is 1. The minimum Gasteiger partial charge on any atom is -0.303 e. The first-order chi connectivity index (χ1) is 6.64. The third kappa shape index (κ3) is 4.63. The Hall–Kier alpha value is 0.210. The van der Waals surface area contributed by atoms with Crippen LogP contribution in [-0.2, 0) is 0 Å². The smallest absolute Gasteiger partial charge is 0.0276 e. The molecule has 0 atom stereocenters. The van der Waals surface area contributed by atoms with Gasteiger partial charge < -0.3 is 4.90 Å². The van der Waals surface area contributed by atoms with Crippen LogP contribution in [0.5, 0.6) is 0 Å². The van der Waals surface area contributed by atoms with Crippen LogP contribution in [0.2, 0.25) is 0 Å². The summed E-state index contributed by atoms with van der Waals surface area (Å²) < 4.78 is 0. The van der Waals surface area contributed by atoms with Gasteiger partial charge in [0, 0.05) is 5.54 Å². The first kappa shape index (κ1) is 12.3. The number of rotatable bonds is 5. The largest absolute Gasteiger partial charge is 0.303 e. The molecule has 1 fully saturated rings. The highest BCUT2D eigenvalue weighted by atomic mass is 35.5. The highest BCUT2D eigenvalue weighted by Crippen LogP contribution is 2.14. The molecule has 0 radical (unpaired) electrons. The molecule has 1 rings (SSSR count). The van der Waals surface area contributed by atoms with Gasteiger partial charge >= 0.3 is 0 Å². The van der Waals surface area contributed by atoms with E-state index in [-0.39, 0.29) is 5.54 Å². The third-order valence-electron chi connectivity index (χ3n) is 2.98. The fourth-order valence-electron chi connectivity index (χ4n) is 1.97. The molecular formula is C11H23ClN2. The summed E-state index contributed by atoms with van der Waals surface area (Å²) in [5, 5.41) is 0. The molecule has 0 amide bonds. The second kappa shape index (κ2) is 5.94. The molecule has 0 saturated carbocycles. The van der Waals surface area contributed by atoms with Crippen LogP contribution < -0.4 is 4.84 Å². The second-order valence-electron chi connectivity index (χ2n) is 4.98. The first-order valence-corrected chi connectivity index (χ1v) is 6.12. The molecule has 1 heterocycles. The van der Waals surface area contributed by atoms with Crippen LogP contribution in [0.25, 0.3) is 0 Å². The Bertz CT molecular complexity index is 153. The highest BCUT2D eigenvalue weighted by molar-refractivity contribution is 6.13. The molecule has 2 nitrogen and oxygen atoms in total. The average Bonchev–Trinajstić information content (AvgIpc) is 2.19. The lowest BCUT2D eigenvalue weighted by atomic mass is 9.99. The van der Waals surface area contributed by atoms with E-state index in [9.17, 15) is 0 Å². The molecule has 3 heteroatoms. The zero-order chi connectivity index (χ0) is 10.4. The molecule has 1 aliphatic rings. The van der Waals surface area contributed by atoms with Gasteiger partial charge in [-0.1, -0.05) is 6.42 Å². The molecule has 14 heavy (non-hydrogen) atoms. The van der Waals surface area contributed by atoms with Gasteiger partial charge in [0.1, 0.15) is 0 Å². The molecule has 0 aromatic heterocycles. The van der Waals surface area contributed by atoms with E-state index in [4.69, 9.17) is 11.8 Å². The molecule has 0 aliphatic carbocycles. The van der Waals surface area contributed by atoms with Crippen LogP contribution in [0.4, 0.5) is 0 Å². The summed E-state index contributed by atoms with van der Waals surface area (Å²) in [6.07, 6.45) is 6.58. The van der Waals surface area contributed by atoms with Crippen molar-refractivity contribution in [3.8, 4) is 0 Å². The van der Waals surface area contributed by atoms with E-state index in [1.54, 1.807) is 0 Å². The predicted octanol–water partition coefficient (Wildman–Crippen LogP) is 2.77. The maximum absolute atomic E-state index is 5.65. The number of hydrogen-bond acceptors (Lipinski definition) is 2. The Labute approximate surface area is 93.1 Å². The number of likely N-dealkylation sites (tertiary alicyclic amines) is 1. The molecule has 0 aromatic rings. The molecule has 0 bridgehead atoms. The Morgan fingerprint density at radius 2 is 1.86 bits per heavy atom. The summed E-state index contributed by atoms with van der Waals surface area (Å²) >= 11 is 5.65. The van der Waals surface area contributed by atoms with Crippen molar-refractivity contribution >= 4 is 11.8 Å². The fourth-order valence-corrected chi connectivity index (χ4v) is 2.07. The first-order valence-electron chi connectivity index (χ1n) is 5.74. The van der Waals surface area contributed by atoms with Crippen LogP contribution >= 0.6 is 11.8 Å². The lowest BCUT2D eigenvalue weighted by molar-refractivity contribution is 0.218. The van der Waals surface area contributed by atoms with Crippen molar-refractivity contribution in [1.29, 1.82) is 0 Å². The van der Waals surface area contributed by atoms with Crippen LogP contribution in [0.3, 0.4) is 0 Å². The summed E-state index contributed by atoms with van der Waals surface area (Å²) in [4.78, 5) is 5.41. The lowest BCUT2D eigenvalue weighted by Crippen LogP contribution is -2.35. The zero-order valence-electron chi connectivity index (χ0n) is 9.48. The minimum atomic E-state index is 0.0807. The van der Waals surface area contributed by atoms with E-state index in [2.05, 4.69) is 23.6 Å². The monoisotopic (exact) mass is 218 g/mol. The summed E-state index contributed by atoms with van der Waals surface area (Å²) in [6.45, 7) is 8.14. The topological polar surface area (TPSA) is 15.3 Å². The van der Waals surface area contributed by atoms with Gasteiger partial charge in [-0.2, -0.15) is 0 Å². The van der Waals surface area contributed by atoms with Gasteiger partial charge in [-0.3, -0.25) is 0 Å². The molecule has 1 saturated heterocycles. The Kier molecular flexibility index (Phi) is 5.21. The molecular weight excluding hydrogens is 196 g/mol. The minimum absolute atomic E-state index is 0.0807. The molecule has 1 N–H and O–H groups in total.